The van der Waals surface area contributed by atoms with Crippen LogP contribution in [0.1, 0.15) is 0 Å². The van der Waals surface area contributed by atoms with E-state index in [1.54, 1.807) is 11.8 Å². The lowest BCUT2D eigenvalue weighted by atomic mass is 10.1. The van der Waals surface area contributed by atoms with E-state index in [4.69, 9.17) is 10.6 Å². The number of anilines is 1. The van der Waals surface area contributed by atoms with Gasteiger partial charge in [-0.1, -0.05) is 5.21 Å². The number of rotatable bonds is 3. The summed E-state index contributed by atoms with van der Waals surface area (Å²) in [5, 5.41) is 11.5. The molecule has 0 aliphatic carbocycles. The molecule has 1 aliphatic heterocycles. The Hall–Kier alpha value is -2.19. The van der Waals surface area contributed by atoms with Crippen LogP contribution < -0.4 is 16.5 Å². The fraction of sp³-hybridized carbons (Fsp3) is 0.417. The topological polar surface area (TPSA) is 102 Å². The van der Waals surface area contributed by atoms with Crippen LogP contribution in [0, 0.1) is 5.92 Å². The second kappa shape index (κ2) is 5.43. The SMILES string of the molecule is CONc1ccc2nnn(C3=NCC(CN)CN3)c2c1. The molecule has 4 N–H and O–H groups in total. The van der Waals surface area contributed by atoms with Gasteiger partial charge >= 0.3 is 0 Å². The highest BCUT2D eigenvalue weighted by molar-refractivity contribution is 5.92. The van der Waals surface area contributed by atoms with Crippen LogP contribution >= 0.6 is 0 Å². The van der Waals surface area contributed by atoms with Crippen molar-refractivity contribution in [3.05, 3.63) is 18.2 Å². The fourth-order valence-corrected chi connectivity index (χ4v) is 2.13. The molecule has 1 aliphatic rings. The molecular weight excluding hydrogens is 258 g/mol. The first kappa shape index (κ1) is 12.8. The average Bonchev–Trinajstić information content (AvgIpc) is 2.91. The van der Waals surface area contributed by atoms with E-state index in [0.717, 1.165) is 23.3 Å². The monoisotopic (exact) mass is 275 g/mol. The minimum absolute atomic E-state index is 0.374. The van der Waals surface area contributed by atoms with Crippen molar-refractivity contribution in [2.75, 3.05) is 32.2 Å². The van der Waals surface area contributed by atoms with Crippen LogP contribution in [0.4, 0.5) is 5.69 Å². The second-order valence-corrected chi connectivity index (χ2v) is 4.66. The summed E-state index contributed by atoms with van der Waals surface area (Å²) < 4.78 is 1.70. The molecule has 8 nitrogen and oxygen atoms in total. The molecule has 2 aromatic rings. The van der Waals surface area contributed by atoms with Crippen LogP contribution in [0.3, 0.4) is 0 Å². The summed E-state index contributed by atoms with van der Waals surface area (Å²) in [6.45, 7) is 2.13. The molecular formula is C12H17N7O. The molecule has 0 amide bonds. The van der Waals surface area contributed by atoms with Crippen molar-refractivity contribution in [2.24, 2.45) is 16.6 Å². The summed E-state index contributed by atoms with van der Waals surface area (Å²) in [6.07, 6.45) is 0. The molecule has 20 heavy (non-hydrogen) atoms. The highest BCUT2D eigenvalue weighted by atomic mass is 16.6. The molecule has 3 rings (SSSR count). The molecule has 1 aromatic heterocycles. The summed E-state index contributed by atoms with van der Waals surface area (Å²) in [4.78, 5) is 9.39. The smallest absolute Gasteiger partial charge is 0.221 e. The lowest BCUT2D eigenvalue weighted by Crippen LogP contribution is -2.42. The van der Waals surface area contributed by atoms with Gasteiger partial charge in [0.05, 0.1) is 18.3 Å². The van der Waals surface area contributed by atoms with Gasteiger partial charge in [0.15, 0.2) is 0 Å². The van der Waals surface area contributed by atoms with Gasteiger partial charge in [-0.25, -0.2) is 0 Å². The van der Waals surface area contributed by atoms with E-state index in [1.807, 2.05) is 18.2 Å². The zero-order valence-electron chi connectivity index (χ0n) is 11.2. The van der Waals surface area contributed by atoms with Crippen LogP contribution in [-0.2, 0) is 4.84 Å². The van der Waals surface area contributed by atoms with E-state index in [2.05, 4.69) is 26.1 Å². The third-order valence-electron chi connectivity index (χ3n) is 3.25. The third kappa shape index (κ3) is 2.30. The van der Waals surface area contributed by atoms with Gasteiger partial charge in [-0.3, -0.25) is 15.3 Å². The number of nitrogens with zero attached hydrogens (tertiary/aromatic N) is 4. The Labute approximate surface area is 115 Å². The van der Waals surface area contributed by atoms with Crippen molar-refractivity contribution in [3.8, 4) is 0 Å². The maximum absolute atomic E-state index is 5.64. The predicted octanol–water partition coefficient (Wildman–Crippen LogP) is -0.213. The first-order chi connectivity index (χ1) is 9.81. The van der Waals surface area contributed by atoms with Gasteiger partial charge < -0.3 is 11.1 Å². The molecule has 1 aromatic carbocycles. The second-order valence-electron chi connectivity index (χ2n) is 4.66. The van der Waals surface area contributed by atoms with Crippen LogP contribution in [0.15, 0.2) is 23.2 Å². The van der Waals surface area contributed by atoms with Crippen LogP contribution in [0.5, 0.6) is 0 Å². The Morgan fingerprint density at radius 3 is 3.15 bits per heavy atom. The Bertz CT molecular complexity index is 636. The maximum Gasteiger partial charge on any atom is 0.221 e. The number of hydrogen-bond donors (Lipinski definition) is 3. The van der Waals surface area contributed by atoms with Crippen molar-refractivity contribution in [3.63, 3.8) is 0 Å². The standard InChI is InChI=1S/C12H17N7O/c1-20-17-9-2-3-10-11(4-9)19(18-16-10)12-14-6-8(5-13)7-15-12/h2-4,8,17H,5-7,13H2,1H3,(H,14,15). The quantitative estimate of drug-likeness (QED) is 0.670. The number of hydrogen-bond acceptors (Lipinski definition) is 7. The van der Waals surface area contributed by atoms with E-state index < -0.39 is 0 Å². The highest BCUT2D eigenvalue weighted by Crippen LogP contribution is 2.17. The molecule has 2 heterocycles. The average molecular weight is 275 g/mol. The van der Waals surface area contributed by atoms with Crippen molar-refractivity contribution < 1.29 is 4.84 Å². The van der Waals surface area contributed by atoms with E-state index >= 15 is 0 Å². The van der Waals surface area contributed by atoms with Crippen molar-refractivity contribution in [2.45, 2.75) is 0 Å². The molecule has 0 bridgehead atoms. The number of aromatic nitrogens is 3. The Kier molecular flexibility index (Phi) is 3.48. The van der Waals surface area contributed by atoms with E-state index in [9.17, 15) is 0 Å². The van der Waals surface area contributed by atoms with Crippen LogP contribution in [0.25, 0.3) is 11.0 Å². The summed E-state index contributed by atoms with van der Waals surface area (Å²) in [7, 11) is 1.57. The molecule has 1 unspecified atom stereocenters. The van der Waals surface area contributed by atoms with Crippen molar-refractivity contribution in [1.29, 1.82) is 0 Å². The Balaban J connectivity index is 1.95. The summed E-state index contributed by atoms with van der Waals surface area (Å²) in [5.41, 5.74) is 10.9. The lowest BCUT2D eigenvalue weighted by molar-refractivity contribution is 0.271. The van der Waals surface area contributed by atoms with Gasteiger partial charge in [0.25, 0.3) is 0 Å². The normalized spacial score (nSPS) is 18.7. The van der Waals surface area contributed by atoms with Crippen molar-refractivity contribution >= 4 is 22.7 Å². The van der Waals surface area contributed by atoms with E-state index in [0.29, 0.717) is 25.0 Å². The molecule has 0 fully saturated rings. The number of aliphatic imine (C=N–C) groups is 1. The van der Waals surface area contributed by atoms with Gasteiger partial charge in [-0.15, -0.1) is 5.10 Å². The van der Waals surface area contributed by atoms with Gasteiger partial charge in [0.1, 0.15) is 5.52 Å². The fourth-order valence-electron chi connectivity index (χ4n) is 2.13. The van der Waals surface area contributed by atoms with Gasteiger partial charge in [0, 0.05) is 19.0 Å². The van der Waals surface area contributed by atoms with Gasteiger partial charge in [-0.05, 0) is 24.7 Å². The molecule has 0 saturated heterocycles. The lowest BCUT2D eigenvalue weighted by Gasteiger charge is -2.21. The molecule has 0 saturated carbocycles. The molecule has 8 heteroatoms. The molecule has 0 spiro atoms. The summed E-state index contributed by atoms with van der Waals surface area (Å²) in [5.74, 6) is 1.08. The molecule has 1 atom stereocenters. The van der Waals surface area contributed by atoms with E-state index in [-0.39, 0.29) is 0 Å². The number of nitrogens with two attached hydrogens (primary N) is 1. The minimum atomic E-state index is 0.374. The van der Waals surface area contributed by atoms with Crippen LogP contribution in [-0.4, -0.2) is 47.7 Å². The van der Waals surface area contributed by atoms with Crippen LogP contribution in [0.2, 0.25) is 0 Å². The zero-order chi connectivity index (χ0) is 13.9. The largest absolute Gasteiger partial charge is 0.354 e. The summed E-state index contributed by atoms with van der Waals surface area (Å²) >= 11 is 0. The highest BCUT2D eigenvalue weighted by Gasteiger charge is 2.17. The zero-order valence-corrected chi connectivity index (χ0v) is 11.2. The molecule has 106 valence electrons. The first-order valence-electron chi connectivity index (χ1n) is 6.45. The van der Waals surface area contributed by atoms with Gasteiger partial charge in [-0.2, -0.15) is 4.68 Å². The van der Waals surface area contributed by atoms with Gasteiger partial charge in [0.2, 0.25) is 5.96 Å². The maximum atomic E-state index is 5.64. The first-order valence-corrected chi connectivity index (χ1v) is 6.45. The minimum Gasteiger partial charge on any atom is -0.354 e. The number of nitrogens with one attached hydrogen (secondary N) is 2. The number of fused-ring (bicyclic) bond motifs is 1. The molecule has 0 radical (unpaired) electrons. The third-order valence-corrected chi connectivity index (χ3v) is 3.25. The number of benzene rings is 1. The Morgan fingerprint density at radius 1 is 1.55 bits per heavy atom. The predicted molar refractivity (Wildman–Crippen MR) is 76.4 cm³/mol. The Morgan fingerprint density at radius 2 is 2.45 bits per heavy atom. The van der Waals surface area contributed by atoms with E-state index in [1.165, 1.54) is 0 Å². The van der Waals surface area contributed by atoms with Crippen molar-refractivity contribution in [1.82, 2.24) is 20.3 Å². The summed E-state index contributed by atoms with van der Waals surface area (Å²) in [6, 6.07) is 5.68.